The monoisotopic (exact) mass is 400 g/mol. The predicted molar refractivity (Wildman–Crippen MR) is 88.3 cm³/mol. The molecule has 1 aromatic rings. The third-order valence-electron chi connectivity index (χ3n) is 4.99. The standard InChI is InChI=1S/C13H16N6O5S2/c1-17-13(14-15-16-17)25-5-7-3-6-4-18(26(2,23)24)10-8(6)19(11(10)20)9(7)12(21)22/h6,8,10H,3-5H2,1-2H3,(H,21,22)/t6-,8-,10+/m1/s1. The van der Waals surface area contributed by atoms with Gasteiger partial charge in [-0.05, 0) is 28.3 Å². The Morgan fingerprint density at radius 3 is 2.73 bits per heavy atom. The SMILES string of the molecule is Cn1nnnc1SCC1=C(C(=O)O)N2C(=O)[C@@H]3[C@H]2[C@H](C1)CN3S(C)(=O)=O. The molecule has 0 radical (unpaired) electrons. The van der Waals surface area contributed by atoms with Crippen molar-refractivity contribution in [2.75, 3.05) is 18.6 Å². The van der Waals surface area contributed by atoms with E-state index in [2.05, 4.69) is 15.5 Å². The number of thioether (sulfide) groups is 1. The van der Waals surface area contributed by atoms with Crippen molar-refractivity contribution in [1.82, 2.24) is 29.4 Å². The van der Waals surface area contributed by atoms with Crippen LogP contribution in [0.4, 0.5) is 0 Å². The minimum atomic E-state index is -3.53. The smallest absolute Gasteiger partial charge is 0.352 e. The lowest BCUT2D eigenvalue weighted by atomic mass is 9.80. The largest absolute Gasteiger partial charge is 0.477 e. The van der Waals surface area contributed by atoms with Crippen LogP contribution in [0.1, 0.15) is 6.42 Å². The Morgan fingerprint density at radius 2 is 2.15 bits per heavy atom. The molecule has 13 heteroatoms. The molecule has 3 atom stereocenters. The van der Waals surface area contributed by atoms with Crippen LogP contribution in [-0.4, -0.2) is 85.5 Å². The first-order valence-electron chi connectivity index (χ1n) is 7.80. The Hall–Kier alpha value is -1.99. The zero-order valence-electron chi connectivity index (χ0n) is 13.9. The van der Waals surface area contributed by atoms with E-state index in [1.54, 1.807) is 7.05 Å². The Labute approximate surface area is 153 Å². The van der Waals surface area contributed by atoms with Gasteiger partial charge in [0.25, 0.3) is 0 Å². The first kappa shape index (κ1) is 17.4. The van der Waals surface area contributed by atoms with E-state index in [1.165, 1.54) is 25.6 Å². The molecule has 3 aliphatic rings. The second-order valence-electron chi connectivity index (χ2n) is 6.57. The van der Waals surface area contributed by atoms with E-state index < -0.39 is 34.0 Å². The first-order valence-corrected chi connectivity index (χ1v) is 10.6. The number of carbonyl (C=O) groups is 2. The Balaban J connectivity index is 1.65. The van der Waals surface area contributed by atoms with E-state index in [1.807, 2.05) is 0 Å². The molecule has 1 N–H and O–H groups in total. The second kappa shape index (κ2) is 5.76. The number of β-lactam (4-membered cyclic amide) rings is 1. The summed E-state index contributed by atoms with van der Waals surface area (Å²) in [6.45, 7) is 0.225. The minimum Gasteiger partial charge on any atom is -0.477 e. The van der Waals surface area contributed by atoms with E-state index in [9.17, 15) is 23.1 Å². The third-order valence-corrected chi connectivity index (χ3v) is 7.31. The van der Waals surface area contributed by atoms with Gasteiger partial charge in [-0.3, -0.25) is 9.69 Å². The molecule has 1 amide bonds. The van der Waals surface area contributed by atoms with E-state index in [0.717, 1.165) is 6.26 Å². The summed E-state index contributed by atoms with van der Waals surface area (Å²) in [5.74, 6) is -1.45. The average molecular weight is 400 g/mol. The number of carboxylic acids is 1. The number of aryl methyl sites for hydroxylation is 1. The van der Waals surface area contributed by atoms with Crippen molar-refractivity contribution in [2.45, 2.75) is 23.7 Å². The van der Waals surface area contributed by atoms with Gasteiger partial charge in [0.15, 0.2) is 0 Å². The van der Waals surface area contributed by atoms with E-state index in [0.29, 0.717) is 22.9 Å². The number of carboxylic acid groups (broad SMARTS) is 1. The molecule has 0 spiro atoms. The Kier molecular flexibility index (Phi) is 3.86. The van der Waals surface area contributed by atoms with Crippen molar-refractivity contribution < 1.29 is 23.1 Å². The number of aromatic nitrogens is 4. The molecule has 4 rings (SSSR count). The molecule has 26 heavy (non-hydrogen) atoms. The molecule has 1 aromatic heterocycles. The van der Waals surface area contributed by atoms with Crippen LogP contribution in [0.5, 0.6) is 0 Å². The van der Waals surface area contributed by atoms with Gasteiger partial charge in [-0.15, -0.1) is 5.10 Å². The molecular weight excluding hydrogens is 384 g/mol. The predicted octanol–water partition coefficient (Wildman–Crippen LogP) is -1.48. The first-order chi connectivity index (χ1) is 12.2. The summed E-state index contributed by atoms with van der Waals surface area (Å²) in [6, 6.07) is -1.17. The summed E-state index contributed by atoms with van der Waals surface area (Å²) in [5.41, 5.74) is 0.555. The van der Waals surface area contributed by atoms with Crippen LogP contribution in [0.25, 0.3) is 0 Å². The van der Waals surface area contributed by atoms with E-state index in [4.69, 9.17) is 0 Å². The van der Waals surface area contributed by atoms with Gasteiger partial charge >= 0.3 is 5.97 Å². The van der Waals surface area contributed by atoms with Crippen LogP contribution in [0.2, 0.25) is 0 Å². The van der Waals surface area contributed by atoms with Crippen molar-refractivity contribution in [3.63, 3.8) is 0 Å². The molecule has 0 unspecified atom stereocenters. The highest BCUT2D eigenvalue weighted by Gasteiger charge is 2.64. The molecule has 3 aliphatic heterocycles. The zero-order chi connectivity index (χ0) is 18.8. The van der Waals surface area contributed by atoms with Crippen LogP contribution in [0.15, 0.2) is 16.4 Å². The summed E-state index contributed by atoms with van der Waals surface area (Å²) in [4.78, 5) is 25.6. The molecule has 0 aromatic carbocycles. The topological polar surface area (TPSA) is 139 Å². The van der Waals surface area contributed by atoms with Crippen molar-refractivity contribution in [3.05, 3.63) is 11.3 Å². The Morgan fingerprint density at radius 1 is 1.42 bits per heavy atom. The maximum absolute atomic E-state index is 12.5. The fraction of sp³-hybridized carbons (Fsp3) is 0.615. The van der Waals surface area contributed by atoms with Crippen molar-refractivity contribution in [1.29, 1.82) is 0 Å². The van der Waals surface area contributed by atoms with E-state index in [-0.39, 0.29) is 18.2 Å². The molecule has 0 bridgehead atoms. The quantitative estimate of drug-likeness (QED) is 0.463. The molecule has 11 nitrogen and oxygen atoms in total. The summed E-state index contributed by atoms with van der Waals surface area (Å²) in [6.07, 6.45) is 1.50. The minimum absolute atomic E-state index is 0.0366. The van der Waals surface area contributed by atoms with Gasteiger partial charge in [-0.2, -0.15) is 4.31 Å². The number of tetrazole rings is 1. The van der Waals surface area contributed by atoms with E-state index >= 15 is 0 Å². The zero-order valence-corrected chi connectivity index (χ0v) is 15.6. The van der Waals surface area contributed by atoms with Crippen LogP contribution < -0.4 is 0 Å². The lowest BCUT2D eigenvalue weighted by Crippen LogP contribution is -2.69. The number of carbonyl (C=O) groups excluding carboxylic acids is 1. The van der Waals surface area contributed by atoms with Gasteiger partial charge in [0, 0.05) is 19.3 Å². The van der Waals surface area contributed by atoms with Crippen LogP contribution in [0.3, 0.4) is 0 Å². The fourth-order valence-electron chi connectivity index (χ4n) is 3.96. The number of amides is 1. The number of nitrogens with zero attached hydrogens (tertiary/aromatic N) is 6. The van der Waals surface area contributed by atoms with Gasteiger partial charge in [0.05, 0.1) is 12.3 Å². The lowest BCUT2D eigenvalue weighted by molar-refractivity contribution is -0.155. The highest BCUT2D eigenvalue weighted by atomic mass is 32.2. The summed E-state index contributed by atoms with van der Waals surface area (Å²) >= 11 is 1.28. The molecule has 2 fully saturated rings. The van der Waals surface area contributed by atoms with Gasteiger partial charge < -0.3 is 5.11 Å². The van der Waals surface area contributed by atoms with Crippen LogP contribution in [-0.2, 0) is 26.7 Å². The lowest BCUT2D eigenvalue weighted by Gasteiger charge is -2.49. The maximum Gasteiger partial charge on any atom is 0.352 e. The van der Waals surface area contributed by atoms with Crippen LogP contribution in [0, 0.1) is 5.92 Å². The van der Waals surface area contributed by atoms with Crippen LogP contribution >= 0.6 is 11.8 Å². The van der Waals surface area contributed by atoms with Crippen molar-refractivity contribution in [3.8, 4) is 0 Å². The molecule has 4 heterocycles. The number of hydrogen-bond donors (Lipinski definition) is 1. The molecule has 140 valence electrons. The van der Waals surface area contributed by atoms with Crippen molar-refractivity contribution >= 4 is 33.7 Å². The highest BCUT2D eigenvalue weighted by molar-refractivity contribution is 7.99. The number of hydrogen-bond acceptors (Lipinski definition) is 8. The summed E-state index contributed by atoms with van der Waals surface area (Å²) in [5, 5.41) is 21.3. The van der Waals surface area contributed by atoms with Crippen molar-refractivity contribution in [2.24, 2.45) is 13.0 Å². The maximum atomic E-state index is 12.5. The molecule has 0 aliphatic carbocycles. The summed E-state index contributed by atoms with van der Waals surface area (Å²) < 4.78 is 26.6. The molecule has 0 saturated carbocycles. The van der Waals surface area contributed by atoms with Gasteiger partial charge in [-0.1, -0.05) is 11.8 Å². The number of aliphatic carboxylic acids is 1. The second-order valence-corrected chi connectivity index (χ2v) is 9.45. The van der Waals surface area contributed by atoms with Gasteiger partial charge in [0.2, 0.25) is 21.1 Å². The highest BCUT2D eigenvalue weighted by Crippen LogP contribution is 2.48. The molecular formula is C13H16N6O5S2. The average Bonchev–Trinajstić information content (AvgIpc) is 3.12. The number of rotatable bonds is 5. The van der Waals surface area contributed by atoms with Gasteiger partial charge in [-0.25, -0.2) is 17.9 Å². The molecule has 2 saturated heterocycles. The fourth-order valence-corrected chi connectivity index (χ4v) is 5.92. The van der Waals surface area contributed by atoms with Gasteiger partial charge in [0.1, 0.15) is 11.7 Å². The Bertz CT molecular complexity index is 941. The normalized spacial score (nSPS) is 28.3. The number of sulfonamides is 1. The summed E-state index contributed by atoms with van der Waals surface area (Å²) in [7, 11) is -1.85. The third kappa shape index (κ3) is 2.45.